The van der Waals surface area contributed by atoms with Crippen LogP contribution in [0.2, 0.25) is 0 Å². The van der Waals surface area contributed by atoms with Crippen LogP contribution in [0.4, 0.5) is 0 Å². The van der Waals surface area contributed by atoms with Crippen molar-refractivity contribution in [1.29, 1.82) is 0 Å². The molecule has 4 heterocycles. The van der Waals surface area contributed by atoms with Gasteiger partial charge in [-0.3, -0.25) is 9.59 Å². The number of carbonyl (C=O) groups excluding carboxylic acids is 1. The molecule has 1 aliphatic rings. The second-order valence-electron chi connectivity index (χ2n) is 6.41. The molecule has 0 spiro atoms. The number of thiophene rings is 1. The molecule has 7 nitrogen and oxygen atoms in total. The molecule has 1 N–H and O–H groups in total. The van der Waals surface area contributed by atoms with E-state index in [0.29, 0.717) is 30.4 Å². The van der Waals surface area contributed by atoms with E-state index >= 15 is 0 Å². The smallest absolute Gasteiger partial charge is 0.259 e. The largest absolute Gasteiger partial charge is 0.339 e. The molecule has 4 rings (SSSR count). The molecule has 3 aromatic heterocycles. The van der Waals surface area contributed by atoms with E-state index in [0.717, 1.165) is 23.3 Å². The number of amides is 1. The molecule has 0 atom stereocenters. The van der Waals surface area contributed by atoms with E-state index in [9.17, 15) is 9.59 Å². The number of hydrogen-bond acceptors (Lipinski definition) is 6. The molecule has 3 aromatic rings. The van der Waals surface area contributed by atoms with Gasteiger partial charge in [-0.1, -0.05) is 5.16 Å². The van der Waals surface area contributed by atoms with Crippen molar-refractivity contribution in [3.05, 3.63) is 56.4 Å². The van der Waals surface area contributed by atoms with Gasteiger partial charge in [0.05, 0.1) is 11.1 Å². The highest BCUT2D eigenvalue weighted by Gasteiger charge is 2.28. The number of aromatic amines is 1. The highest BCUT2D eigenvalue weighted by atomic mass is 32.1. The van der Waals surface area contributed by atoms with E-state index < -0.39 is 0 Å². The van der Waals surface area contributed by atoms with Crippen LogP contribution in [0.3, 0.4) is 0 Å². The molecule has 0 radical (unpaired) electrons. The fourth-order valence-corrected chi connectivity index (χ4v) is 3.82. The number of pyridine rings is 1. The van der Waals surface area contributed by atoms with E-state index in [4.69, 9.17) is 4.52 Å². The lowest BCUT2D eigenvalue weighted by Crippen LogP contribution is -2.37. The minimum Gasteiger partial charge on any atom is -0.339 e. The van der Waals surface area contributed by atoms with E-state index in [2.05, 4.69) is 15.1 Å². The zero-order chi connectivity index (χ0) is 18.1. The van der Waals surface area contributed by atoms with Gasteiger partial charge in [0, 0.05) is 41.5 Å². The van der Waals surface area contributed by atoms with Crippen molar-refractivity contribution in [2.75, 3.05) is 13.1 Å². The molecule has 0 saturated carbocycles. The van der Waals surface area contributed by atoms with Crippen molar-refractivity contribution >= 4 is 17.2 Å². The first-order valence-electron chi connectivity index (χ1n) is 8.47. The SMILES string of the molecule is Cc1cc(C(=O)N2CCC(c3noc(-c4ccc(=O)[nH]c4)n3)CC2)cs1. The van der Waals surface area contributed by atoms with Crippen molar-refractivity contribution < 1.29 is 9.32 Å². The normalized spacial score (nSPS) is 15.3. The molecule has 0 unspecified atom stereocenters. The van der Waals surface area contributed by atoms with Gasteiger partial charge in [-0.15, -0.1) is 11.3 Å². The fourth-order valence-electron chi connectivity index (χ4n) is 3.14. The summed E-state index contributed by atoms with van der Waals surface area (Å²) < 4.78 is 5.33. The van der Waals surface area contributed by atoms with Crippen LogP contribution in [-0.2, 0) is 0 Å². The minimum absolute atomic E-state index is 0.0924. The van der Waals surface area contributed by atoms with Crippen molar-refractivity contribution in [2.45, 2.75) is 25.7 Å². The highest BCUT2D eigenvalue weighted by Crippen LogP contribution is 2.28. The number of nitrogens with one attached hydrogen (secondary N) is 1. The first-order chi connectivity index (χ1) is 12.6. The number of aromatic nitrogens is 3. The zero-order valence-electron chi connectivity index (χ0n) is 14.3. The van der Waals surface area contributed by atoms with Crippen molar-refractivity contribution in [1.82, 2.24) is 20.0 Å². The molecule has 0 aliphatic carbocycles. The van der Waals surface area contributed by atoms with Gasteiger partial charge in [-0.05, 0) is 31.9 Å². The Morgan fingerprint density at radius 3 is 2.81 bits per heavy atom. The summed E-state index contributed by atoms with van der Waals surface area (Å²) in [5, 5.41) is 6.01. The Labute approximate surface area is 153 Å². The van der Waals surface area contributed by atoms with Gasteiger partial charge in [0.15, 0.2) is 5.82 Å². The first kappa shape index (κ1) is 16.7. The van der Waals surface area contributed by atoms with Crippen molar-refractivity contribution in [2.24, 2.45) is 0 Å². The molecule has 1 amide bonds. The molecule has 8 heteroatoms. The van der Waals surface area contributed by atoms with Crippen LogP contribution in [0.1, 0.15) is 39.8 Å². The van der Waals surface area contributed by atoms with Crippen LogP contribution < -0.4 is 5.56 Å². The van der Waals surface area contributed by atoms with E-state index in [1.807, 2.05) is 23.3 Å². The lowest BCUT2D eigenvalue weighted by atomic mass is 9.96. The van der Waals surface area contributed by atoms with Crippen molar-refractivity contribution in [3.63, 3.8) is 0 Å². The lowest BCUT2D eigenvalue weighted by molar-refractivity contribution is 0.0711. The second kappa shape index (κ2) is 6.87. The Morgan fingerprint density at radius 2 is 2.15 bits per heavy atom. The Hall–Kier alpha value is -2.74. The summed E-state index contributed by atoms with van der Waals surface area (Å²) in [6, 6.07) is 5.02. The Kier molecular flexibility index (Phi) is 4.42. The number of hydrogen-bond donors (Lipinski definition) is 1. The maximum absolute atomic E-state index is 12.5. The molecule has 0 bridgehead atoms. The fraction of sp³-hybridized carbons (Fsp3) is 0.333. The topological polar surface area (TPSA) is 92.1 Å². The second-order valence-corrected chi connectivity index (χ2v) is 7.53. The number of nitrogens with zero attached hydrogens (tertiary/aromatic N) is 3. The summed E-state index contributed by atoms with van der Waals surface area (Å²) >= 11 is 1.59. The van der Waals surface area contributed by atoms with Gasteiger partial charge in [-0.2, -0.15) is 4.98 Å². The van der Waals surface area contributed by atoms with Gasteiger partial charge in [-0.25, -0.2) is 0 Å². The van der Waals surface area contributed by atoms with Crippen LogP contribution in [0.5, 0.6) is 0 Å². The predicted octanol–water partition coefficient (Wildman–Crippen LogP) is 2.81. The standard InChI is InChI=1S/C18H18N4O3S/c1-11-8-14(10-26-11)18(24)22-6-4-12(5-7-22)16-20-17(25-21-16)13-2-3-15(23)19-9-13/h2-3,8-10,12H,4-7H2,1H3,(H,19,23). The van der Waals surface area contributed by atoms with Crippen LogP contribution in [-0.4, -0.2) is 39.0 Å². The van der Waals surface area contributed by atoms with E-state index in [-0.39, 0.29) is 17.4 Å². The highest BCUT2D eigenvalue weighted by molar-refractivity contribution is 7.10. The Morgan fingerprint density at radius 1 is 1.35 bits per heavy atom. The third kappa shape index (κ3) is 3.32. The molecule has 26 heavy (non-hydrogen) atoms. The third-order valence-electron chi connectivity index (χ3n) is 4.60. The maximum Gasteiger partial charge on any atom is 0.259 e. The lowest BCUT2D eigenvalue weighted by Gasteiger charge is -2.30. The molecule has 0 aromatic carbocycles. The van der Waals surface area contributed by atoms with Crippen LogP contribution >= 0.6 is 11.3 Å². The quantitative estimate of drug-likeness (QED) is 0.765. The third-order valence-corrected chi connectivity index (χ3v) is 5.46. The molecule has 1 aliphatic heterocycles. The molecule has 134 valence electrons. The zero-order valence-corrected chi connectivity index (χ0v) is 15.1. The first-order valence-corrected chi connectivity index (χ1v) is 9.35. The van der Waals surface area contributed by atoms with Crippen LogP contribution in [0, 0.1) is 6.92 Å². The van der Waals surface area contributed by atoms with Gasteiger partial charge in [0.1, 0.15) is 0 Å². The molecule has 1 fully saturated rings. The number of aryl methyl sites for hydroxylation is 1. The van der Waals surface area contributed by atoms with Gasteiger partial charge in [0.25, 0.3) is 11.8 Å². The summed E-state index contributed by atoms with van der Waals surface area (Å²) in [4.78, 5) is 33.8. The van der Waals surface area contributed by atoms with Gasteiger partial charge >= 0.3 is 0 Å². The summed E-state index contributed by atoms with van der Waals surface area (Å²) in [6.07, 6.45) is 3.17. The summed E-state index contributed by atoms with van der Waals surface area (Å²) in [5.74, 6) is 1.31. The van der Waals surface area contributed by atoms with Crippen molar-refractivity contribution in [3.8, 4) is 11.5 Å². The predicted molar refractivity (Wildman–Crippen MR) is 97.3 cm³/mol. The van der Waals surface area contributed by atoms with Crippen LogP contribution in [0.25, 0.3) is 11.5 Å². The maximum atomic E-state index is 12.5. The van der Waals surface area contributed by atoms with E-state index in [1.54, 1.807) is 23.6 Å². The summed E-state index contributed by atoms with van der Waals surface area (Å²) in [5.41, 5.74) is 1.28. The minimum atomic E-state index is -0.175. The average Bonchev–Trinajstić information content (AvgIpc) is 3.31. The van der Waals surface area contributed by atoms with E-state index in [1.165, 1.54) is 6.07 Å². The number of piperidine rings is 1. The monoisotopic (exact) mass is 370 g/mol. The van der Waals surface area contributed by atoms with Crippen LogP contribution in [0.15, 0.2) is 39.1 Å². The van der Waals surface area contributed by atoms with Gasteiger partial charge < -0.3 is 14.4 Å². The molecular weight excluding hydrogens is 352 g/mol. The average molecular weight is 370 g/mol. The Bertz CT molecular complexity index is 962. The molecular formula is C18H18N4O3S. The number of carbonyl (C=O) groups is 1. The Balaban J connectivity index is 1.41. The summed E-state index contributed by atoms with van der Waals surface area (Å²) in [6.45, 7) is 3.37. The number of H-pyrrole nitrogens is 1. The number of rotatable bonds is 3. The van der Waals surface area contributed by atoms with Gasteiger partial charge in [0.2, 0.25) is 5.56 Å². The molecule has 1 saturated heterocycles. The number of likely N-dealkylation sites (tertiary alicyclic amines) is 1. The summed E-state index contributed by atoms with van der Waals surface area (Å²) in [7, 11) is 0.